The average molecular weight is 303 g/mol. The summed E-state index contributed by atoms with van der Waals surface area (Å²) in [6.45, 7) is 2.95. The van der Waals surface area contributed by atoms with Crippen LogP contribution in [0.4, 0.5) is 4.39 Å². The van der Waals surface area contributed by atoms with Crippen LogP contribution in [0.5, 0.6) is 0 Å². The van der Waals surface area contributed by atoms with Gasteiger partial charge in [0.25, 0.3) is 17.4 Å². The maximum absolute atomic E-state index is 13.0. The molecule has 2 aromatic rings. The van der Waals surface area contributed by atoms with Crippen LogP contribution in [0.25, 0.3) is 5.69 Å². The highest BCUT2D eigenvalue weighted by Gasteiger charge is 2.23. The molecule has 114 valence electrons. The van der Waals surface area contributed by atoms with Crippen LogP contribution in [0.15, 0.2) is 29.1 Å². The Morgan fingerprint density at radius 3 is 1.95 bits per heavy atom. The van der Waals surface area contributed by atoms with E-state index in [1.807, 2.05) is 0 Å². The molecule has 2 rings (SSSR count). The normalized spacial score (nSPS) is 10.5. The van der Waals surface area contributed by atoms with E-state index in [1.165, 1.54) is 26.0 Å². The molecule has 0 aliphatic rings. The van der Waals surface area contributed by atoms with Gasteiger partial charge in [0, 0.05) is 11.4 Å². The van der Waals surface area contributed by atoms with Crippen molar-refractivity contribution in [3.05, 3.63) is 62.8 Å². The summed E-state index contributed by atoms with van der Waals surface area (Å²) in [5.41, 5.74) is 10.3. The Morgan fingerprint density at radius 1 is 1.00 bits per heavy atom. The Balaban J connectivity index is 2.95. The van der Waals surface area contributed by atoms with Crippen molar-refractivity contribution in [2.45, 2.75) is 13.8 Å². The molecule has 1 heterocycles. The maximum Gasteiger partial charge on any atom is 0.268 e. The molecule has 0 aliphatic carbocycles. The van der Waals surface area contributed by atoms with Crippen molar-refractivity contribution in [1.29, 1.82) is 0 Å². The molecule has 6 nitrogen and oxygen atoms in total. The summed E-state index contributed by atoms with van der Waals surface area (Å²) < 4.78 is 14.2. The van der Waals surface area contributed by atoms with Crippen molar-refractivity contribution in [3.8, 4) is 5.69 Å². The number of nitrogens with zero attached hydrogens (tertiary/aromatic N) is 1. The number of aromatic nitrogens is 1. The van der Waals surface area contributed by atoms with Gasteiger partial charge in [0.1, 0.15) is 11.4 Å². The first-order valence-electron chi connectivity index (χ1n) is 6.37. The predicted octanol–water partition coefficient (Wildman–Crippen LogP) is 0.791. The number of benzene rings is 1. The minimum absolute atomic E-state index is 0.0396. The van der Waals surface area contributed by atoms with Crippen LogP contribution in [-0.4, -0.2) is 16.4 Å². The third-order valence-electron chi connectivity index (χ3n) is 3.44. The first-order valence-corrected chi connectivity index (χ1v) is 6.37. The minimum atomic E-state index is -0.958. The Bertz CT molecular complexity index is 839. The zero-order valence-corrected chi connectivity index (χ0v) is 12.0. The number of halogens is 1. The highest BCUT2D eigenvalue weighted by Crippen LogP contribution is 2.18. The molecule has 0 spiro atoms. The number of nitrogens with two attached hydrogens (primary N) is 2. The van der Waals surface area contributed by atoms with E-state index in [-0.39, 0.29) is 22.4 Å². The minimum Gasteiger partial charge on any atom is -0.366 e. The summed E-state index contributed by atoms with van der Waals surface area (Å²) in [5.74, 6) is -2.22. The lowest BCUT2D eigenvalue weighted by Gasteiger charge is -2.17. The zero-order chi connectivity index (χ0) is 16.6. The summed E-state index contributed by atoms with van der Waals surface area (Å²) in [4.78, 5) is 35.8. The molecular weight excluding hydrogens is 289 g/mol. The molecule has 4 N–H and O–H groups in total. The Kier molecular flexibility index (Phi) is 3.81. The van der Waals surface area contributed by atoms with Crippen LogP contribution in [0.1, 0.15) is 32.0 Å². The molecule has 22 heavy (non-hydrogen) atoms. The second-order valence-electron chi connectivity index (χ2n) is 4.81. The van der Waals surface area contributed by atoms with Gasteiger partial charge >= 0.3 is 0 Å². The molecule has 0 saturated heterocycles. The molecule has 0 atom stereocenters. The third kappa shape index (κ3) is 2.37. The predicted molar refractivity (Wildman–Crippen MR) is 78.5 cm³/mol. The number of pyridine rings is 1. The van der Waals surface area contributed by atoms with Crippen LogP contribution in [-0.2, 0) is 0 Å². The SMILES string of the molecule is Cc1c(C(N)=O)c(C)n(-c2ccc(F)cc2)c(=O)c1C(N)=O. The van der Waals surface area contributed by atoms with Gasteiger partial charge in [-0.3, -0.25) is 19.0 Å². The van der Waals surface area contributed by atoms with Gasteiger partial charge in [-0.1, -0.05) is 0 Å². The second kappa shape index (κ2) is 5.44. The van der Waals surface area contributed by atoms with E-state index in [1.54, 1.807) is 0 Å². The van der Waals surface area contributed by atoms with E-state index >= 15 is 0 Å². The van der Waals surface area contributed by atoms with E-state index in [2.05, 4.69) is 0 Å². The van der Waals surface area contributed by atoms with Crippen LogP contribution >= 0.6 is 0 Å². The summed E-state index contributed by atoms with van der Waals surface area (Å²) in [6, 6.07) is 5.03. The van der Waals surface area contributed by atoms with Crippen molar-refractivity contribution in [2.24, 2.45) is 11.5 Å². The third-order valence-corrected chi connectivity index (χ3v) is 3.44. The highest BCUT2D eigenvalue weighted by atomic mass is 19.1. The van der Waals surface area contributed by atoms with Gasteiger partial charge in [0.2, 0.25) is 0 Å². The Hall–Kier alpha value is -2.96. The van der Waals surface area contributed by atoms with Crippen molar-refractivity contribution in [1.82, 2.24) is 4.57 Å². The van der Waals surface area contributed by atoms with E-state index in [9.17, 15) is 18.8 Å². The van der Waals surface area contributed by atoms with Gasteiger partial charge < -0.3 is 11.5 Å². The molecule has 0 aliphatic heterocycles. The molecule has 1 aromatic heterocycles. The lowest BCUT2D eigenvalue weighted by Crippen LogP contribution is -2.34. The lowest BCUT2D eigenvalue weighted by molar-refractivity contribution is 0.0998. The van der Waals surface area contributed by atoms with Gasteiger partial charge in [-0.2, -0.15) is 0 Å². The summed E-state index contributed by atoms with van der Waals surface area (Å²) in [7, 11) is 0. The molecule has 0 unspecified atom stereocenters. The molecular formula is C15H14FN3O3. The van der Waals surface area contributed by atoms with Crippen molar-refractivity contribution < 1.29 is 14.0 Å². The zero-order valence-electron chi connectivity index (χ0n) is 12.0. The van der Waals surface area contributed by atoms with Gasteiger partial charge in [0.05, 0.1) is 5.56 Å². The maximum atomic E-state index is 13.0. The van der Waals surface area contributed by atoms with Gasteiger partial charge in [-0.15, -0.1) is 0 Å². The fourth-order valence-electron chi connectivity index (χ4n) is 2.49. The molecule has 0 fully saturated rings. The van der Waals surface area contributed by atoms with E-state index in [0.29, 0.717) is 5.69 Å². The summed E-state index contributed by atoms with van der Waals surface area (Å²) in [5, 5.41) is 0. The molecule has 7 heteroatoms. The number of primary amides is 2. The highest BCUT2D eigenvalue weighted by molar-refractivity contribution is 6.01. The fraction of sp³-hybridized carbons (Fsp3) is 0.133. The van der Waals surface area contributed by atoms with E-state index in [0.717, 1.165) is 16.7 Å². The first kappa shape index (κ1) is 15.4. The van der Waals surface area contributed by atoms with Crippen LogP contribution < -0.4 is 17.0 Å². The fourth-order valence-corrected chi connectivity index (χ4v) is 2.49. The van der Waals surface area contributed by atoms with E-state index in [4.69, 9.17) is 11.5 Å². The number of hydrogen-bond donors (Lipinski definition) is 2. The summed E-state index contributed by atoms with van der Waals surface area (Å²) in [6.07, 6.45) is 0. The molecule has 0 saturated carbocycles. The first-order chi connectivity index (χ1) is 10.3. The number of rotatable bonds is 3. The second-order valence-corrected chi connectivity index (χ2v) is 4.81. The van der Waals surface area contributed by atoms with Crippen molar-refractivity contribution in [3.63, 3.8) is 0 Å². The van der Waals surface area contributed by atoms with Crippen molar-refractivity contribution >= 4 is 11.8 Å². The van der Waals surface area contributed by atoms with E-state index < -0.39 is 23.2 Å². The van der Waals surface area contributed by atoms with Crippen molar-refractivity contribution in [2.75, 3.05) is 0 Å². The molecule has 2 amide bonds. The largest absolute Gasteiger partial charge is 0.366 e. The summed E-state index contributed by atoms with van der Waals surface area (Å²) >= 11 is 0. The van der Waals surface area contributed by atoms with Gasteiger partial charge in [-0.25, -0.2) is 4.39 Å². The molecule has 1 aromatic carbocycles. The molecule has 0 bridgehead atoms. The van der Waals surface area contributed by atoms with Crippen LogP contribution in [0, 0.1) is 19.7 Å². The van der Waals surface area contributed by atoms with Gasteiger partial charge in [0.15, 0.2) is 0 Å². The Labute approximate surface area is 125 Å². The van der Waals surface area contributed by atoms with Crippen LogP contribution in [0.3, 0.4) is 0 Å². The van der Waals surface area contributed by atoms with Gasteiger partial charge in [-0.05, 0) is 43.7 Å². The average Bonchev–Trinajstić information content (AvgIpc) is 2.39. The number of carbonyl (C=O) groups is 2. The smallest absolute Gasteiger partial charge is 0.268 e. The standard InChI is InChI=1S/C15H14FN3O3/c1-7-11(13(17)20)8(2)19(15(22)12(7)14(18)21)10-5-3-9(16)4-6-10/h3-6H,1-2H3,(H2,17,20)(H2,18,21). The monoisotopic (exact) mass is 303 g/mol. The van der Waals surface area contributed by atoms with Crippen LogP contribution in [0.2, 0.25) is 0 Å². The number of carbonyl (C=O) groups excluding carboxylic acids is 2. The number of amides is 2. The lowest BCUT2D eigenvalue weighted by atomic mass is 10.0. The quantitative estimate of drug-likeness (QED) is 0.875. The topological polar surface area (TPSA) is 108 Å². The number of hydrogen-bond acceptors (Lipinski definition) is 3. The molecule has 0 radical (unpaired) electrons. The Morgan fingerprint density at radius 2 is 1.50 bits per heavy atom.